The van der Waals surface area contributed by atoms with Crippen molar-refractivity contribution < 1.29 is 14.6 Å². The van der Waals surface area contributed by atoms with Gasteiger partial charge in [-0.25, -0.2) is 4.79 Å². The summed E-state index contributed by atoms with van der Waals surface area (Å²) in [6.45, 7) is 2.69. The van der Waals surface area contributed by atoms with Crippen LogP contribution >= 0.6 is 11.8 Å². The number of aliphatic hydroxyl groups is 1. The Balaban J connectivity index is 2.11. The van der Waals surface area contributed by atoms with Gasteiger partial charge in [0.25, 0.3) is 0 Å². The van der Waals surface area contributed by atoms with Crippen LogP contribution in [-0.4, -0.2) is 41.5 Å². The molecule has 4 nitrogen and oxygen atoms in total. The quantitative estimate of drug-likeness (QED) is 0.667. The van der Waals surface area contributed by atoms with E-state index in [9.17, 15) is 4.79 Å². The lowest BCUT2D eigenvalue weighted by Gasteiger charge is -2.10. The van der Waals surface area contributed by atoms with Gasteiger partial charge in [-0.2, -0.15) is 11.8 Å². The van der Waals surface area contributed by atoms with E-state index in [2.05, 4.69) is 5.32 Å². The normalized spacial score (nSPS) is 24.8. The first-order valence-corrected chi connectivity index (χ1v) is 4.94. The Morgan fingerprint density at radius 2 is 2.67 bits per heavy atom. The summed E-state index contributed by atoms with van der Waals surface area (Å²) in [4.78, 5) is 10.6. The van der Waals surface area contributed by atoms with Crippen LogP contribution in [0.1, 0.15) is 6.92 Å². The van der Waals surface area contributed by atoms with Gasteiger partial charge in [-0.3, -0.25) is 0 Å². The van der Waals surface area contributed by atoms with Gasteiger partial charge in [0.05, 0.1) is 13.2 Å². The SMILES string of the molecule is CC(CO)SCC1CNC(=O)O1. The molecule has 0 bridgehead atoms. The average Bonchev–Trinajstić information content (AvgIpc) is 2.47. The lowest BCUT2D eigenvalue weighted by Crippen LogP contribution is -2.18. The van der Waals surface area contributed by atoms with E-state index in [1.165, 1.54) is 0 Å². The van der Waals surface area contributed by atoms with Crippen LogP contribution in [0, 0.1) is 0 Å². The van der Waals surface area contributed by atoms with Gasteiger partial charge in [-0.15, -0.1) is 0 Å². The van der Waals surface area contributed by atoms with Crippen molar-refractivity contribution in [1.82, 2.24) is 5.32 Å². The van der Waals surface area contributed by atoms with Gasteiger partial charge < -0.3 is 15.2 Å². The summed E-state index contributed by atoms with van der Waals surface area (Å²) in [5, 5.41) is 11.5. The van der Waals surface area contributed by atoms with Crippen LogP contribution in [-0.2, 0) is 4.74 Å². The molecular formula is C7H13NO3S. The third-order valence-electron chi connectivity index (χ3n) is 1.57. The van der Waals surface area contributed by atoms with E-state index in [0.29, 0.717) is 6.54 Å². The number of hydrogen-bond donors (Lipinski definition) is 2. The number of thioether (sulfide) groups is 1. The first-order valence-electron chi connectivity index (χ1n) is 3.89. The number of carbonyl (C=O) groups excluding carboxylic acids is 1. The number of hydrogen-bond acceptors (Lipinski definition) is 4. The number of rotatable bonds is 4. The maximum absolute atomic E-state index is 10.6. The Bertz CT molecular complexity index is 165. The second-order valence-corrected chi connectivity index (χ2v) is 4.21. The topological polar surface area (TPSA) is 58.6 Å². The Kier molecular flexibility index (Phi) is 3.68. The summed E-state index contributed by atoms with van der Waals surface area (Å²) in [5.74, 6) is 0.750. The second kappa shape index (κ2) is 4.57. The second-order valence-electron chi connectivity index (χ2n) is 2.73. The molecule has 0 spiro atoms. The molecular weight excluding hydrogens is 178 g/mol. The van der Waals surface area contributed by atoms with Crippen molar-refractivity contribution in [2.24, 2.45) is 0 Å². The van der Waals surface area contributed by atoms with Gasteiger partial charge in [-0.05, 0) is 0 Å². The molecule has 5 heteroatoms. The van der Waals surface area contributed by atoms with Gasteiger partial charge >= 0.3 is 6.09 Å². The van der Waals surface area contributed by atoms with Crippen molar-refractivity contribution in [3.63, 3.8) is 0 Å². The minimum Gasteiger partial charge on any atom is -0.443 e. The Labute approximate surface area is 75.7 Å². The van der Waals surface area contributed by atoms with Crippen LogP contribution in [0.4, 0.5) is 4.79 Å². The molecule has 0 aromatic heterocycles. The Hall–Kier alpha value is -0.420. The summed E-state index contributed by atoms with van der Waals surface area (Å²) >= 11 is 1.61. The van der Waals surface area contributed by atoms with E-state index in [4.69, 9.17) is 9.84 Å². The lowest BCUT2D eigenvalue weighted by molar-refractivity contribution is 0.150. The van der Waals surface area contributed by atoms with Gasteiger partial charge in [0.2, 0.25) is 0 Å². The summed E-state index contributed by atoms with van der Waals surface area (Å²) in [6, 6.07) is 0. The Morgan fingerprint density at radius 3 is 3.17 bits per heavy atom. The summed E-state index contributed by atoms with van der Waals surface area (Å²) < 4.78 is 4.90. The summed E-state index contributed by atoms with van der Waals surface area (Å²) in [5.41, 5.74) is 0. The molecule has 2 N–H and O–H groups in total. The number of cyclic esters (lactones) is 1. The standard InChI is InChI=1S/C7H13NO3S/c1-5(3-9)12-4-6-2-8-7(10)11-6/h5-6,9H,2-4H2,1H3,(H,8,10). The van der Waals surface area contributed by atoms with E-state index in [1.54, 1.807) is 11.8 Å². The average molecular weight is 191 g/mol. The van der Waals surface area contributed by atoms with E-state index < -0.39 is 0 Å². The third kappa shape index (κ3) is 2.91. The van der Waals surface area contributed by atoms with Gasteiger partial charge in [0, 0.05) is 11.0 Å². The highest BCUT2D eigenvalue weighted by Crippen LogP contribution is 2.14. The van der Waals surface area contributed by atoms with E-state index in [1.807, 2.05) is 6.92 Å². The van der Waals surface area contributed by atoms with Gasteiger partial charge in [0.1, 0.15) is 6.10 Å². The number of aliphatic hydroxyl groups excluding tert-OH is 1. The van der Waals surface area contributed by atoms with Crippen LogP contribution in [0.15, 0.2) is 0 Å². The van der Waals surface area contributed by atoms with Crippen molar-refractivity contribution in [2.75, 3.05) is 18.9 Å². The molecule has 1 saturated heterocycles. The fraction of sp³-hybridized carbons (Fsp3) is 0.857. The molecule has 0 aromatic rings. The molecule has 1 aliphatic heterocycles. The molecule has 1 rings (SSSR count). The molecule has 70 valence electrons. The fourth-order valence-electron chi connectivity index (χ4n) is 0.849. The first kappa shape index (κ1) is 9.67. The maximum Gasteiger partial charge on any atom is 0.407 e. The van der Waals surface area contributed by atoms with Crippen LogP contribution in [0.5, 0.6) is 0 Å². The highest BCUT2D eigenvalue weighted by Gasteiger charge is 2.22. The van der Waals surface area contributed by atoms with Crippen LogP contribution < -0.4 is 5.32 Å². The zero-order valence-corrected chi connectivity index (χ0v) is 7.76. The van der Waals surface area contributed by atoms with Crippen LogP contribution in [0.2, 0.25) is 0 Å². The number of carbonyl (C=O) groups is 1. The molecule has 2 atom stereocenters. The predicted octanol–water partition coefficient (Wildman–Crippen LogP) is 0.209. The third-order valence-corrected chi connectivity index (χ3v) is 2.85. The minimum atomic E-state index is -0.336. The fourth-order valence-corrected chi connectivity index (χ4v) is 1.68. The molecule has 0 aliphatic carbocycles. The molecule has 12 heavy (non-hydrogen) atoms. The first-order chi connectivity index (χ1) is 5.72. The number of alkyl carbamates (subject to hydrolysis) is 1. The molecule has 1 amide bonds. The Morgan fingerprint density at radius 1 is 1.92 bits per heavy atom. The number of amides is 1. The monoisotopic (exact) mass is 191 g/mol. The van der Waals surface area contributed by atoms with Gasteiger partial charge in [0.15, 0.2) is 0 Å². The smallest absolute Gasteiger partial charge is 0.407 e. The van der Waals surface area contributed by atoms with E-state index in [-0.39, 0.29) is 24.1 Å². The lowest BCUT2D eigenvalue weighted by atomic mass is 10.4. The van der Waals surface area contributed by atoms with Crippen molar-refractivity contribution >= 4 is 17.9 Å². The molecule has 0 aromatic carbocycles. The molecule has 2 unspecified atom stereocenters. The van der Waals surface area contributed by atoms with Crippen molar-refractivity contribution in [2.45, 2.75) is 18.3 Å². The molecule has 1 heterocycles. The molecule has 1 aliphatic rings. The highest BCUT2D eigenvalue weighted by atomic mass is 32.2. The van der Waals surface area contributed by atoms with Crippen molar-refractivity contribution in [3.8, 4) is 0 Å². The number of ether oxygens (including phenoxy) is 1. The summed E-state index contributed by atoms with van der Waals surface area (Å²) in [6.07, 6.45) is -0.367. The zero-order chi connectivity index (χ0) is 8.97. The summed E-state index contributed by atoms with van der Waals surface area (Å²) in [7, 11) is 0. The van der Waals surface area contributed by atoms with Crippen molar-refractivity contribution in [3.05, 3.63) is 0 Å². The van der Waals surface area contributed by atoms with Crippen LogP contribution in [0.25, 0.3) is 0 Å². The van der Waals surface area contributed by atoms with Gasteiger partial charge in [-0.1, -0.05) is 6.92 Å². The molecule has 1 fully saturated rings. The maximum atomic E-state index is 10.6. The zero-order valence-electron chi connectivity index (χ0n) is 6.95. The highest BCUT2D eigenvalue weighted by molar-refractivity contribution is 7.99. The van der Waals surface area contributed by atoms with Crippen LogP contribution in [0.3, 0.4) is 0 Å². The molecule has 0 saturated carbocycles. The van der Waals surface area contributed by atoms with E-state index in [0.717, 1.165) is 5.75 Å². The molecule has 0 radical (unpaired) electrons. The van der Waals surface area contributed by atoms with E-state index >= 15 is 0 Å². The largest absolute Gasteiger partial charge is 0.443 e. The minimum absolute atomic E-state index is 0.0310. The van der Waals surface area contributed by atoms with Crippen molar-refractivity contribution in [1.29, 1.82) is 0 Å². The predicted molar refractivity (Wildman–Crippen MR) is 47.3 cm³/mol. The number of nitrogens with one attached hydrogen (secondary N) is 1.